The number of carbonyl (C=O) groups is 1. The van der Waals surface area contributed by atoms with E-state index < -0.39 is 10.0 Å². The van der Waals surface area contributed by atoms with Crippen LogP contribution in [0, 0.1) is 13.8 Å². The fourth-order valence-electron chi connectivity index (χ4n) is 2.85. The highest BCUT2D eigenvalue weighted by atomic mass is 32.2. The third-order valence-corrected chi connectivity index (χ3v) is 7.69. The summed E-state index contributed by atoms with van der Waals surface area (Å²) >= 11 is 1.52. The molecule has 0 atom stereocenters. The molecule has 0 spiro atoms. The maximum atomic E-state index is 12.5. The number of rotatable bonds is 9. The van der Waals surface area contributed by atoms with Crippen LogP contribution in [-0.4, -0.2) is 37.5 Å². The van der Waals surface area contributed by atoms with Gasteiger partial charge in [0.1, 0.15) is 0 Å². The monoisotopic (exact) mass is 420 g/mol. The molecule has 0 aromatic heterocycles. The zero-order valence-corrected chi connectivity index (χ0v) is 18.5. The maximum Gasteiger partial charge on any atom is 0.243 e. The number of amides is 1. The lowest BCUT2D eigenvalue weighted by Crippen LogP contribution is -2.30. The summed E-state index contributed by atoms with van der Waals surface area (Å²) in [5, 5.41) is 2.88. The van der Waals surface area contributed by atoms with Gasteiger partial charge < -0.3 is 5.32 Å². The van der Waals surface area contributed by atoms with Crippen molar-refractivity contribution < 1.29 is 13.2 Å². The Morgan fingerprint density at radius 1 is 1.04 bits per heavy atom. The minimum Gasteiger partial charge on any atom is -0.351 e. The zero-order chi connectivity index (χ0) is 20.7. The quantitative estimate of drug-likeness (QED) is 0.628. The number of carbonyl (C=O) groups excluding carboxylic acids is 1. The van der Waals surface area contributed by atoms with Crippen LogP contribution in [0.25, 0.3) is 0 Å². The van der Waals surface area contributed by atoms with Crippen molar-refractivity contribution in [2.45, 2.75) is 44.0 Å². The zero-order valence-electron chi connectivity index (χ0n) is 16.9. The molecule has 2 rings (SSSR count). The molecule has 0 saturated heterocycles. The average molecular weight is 421 g/mol. The Hall–Kier alpha value is -1.83. The van der Waals surface area contributed by atoms with Crippen molar-refractivity contribution in [3.8, 4) is 0 Å². The van der Waals surface area contributed by atoms with Gasteiger partial charge in [-0.25, -0.2) is 8.42 Å². The van der Waals surface area contributed by atoms with E-state index in [2.05, 4.69) is 11.4 Å². The smallest absolute Gasteiger partial charge is 0.243 e. The first-order valence-corrected chi connectivity index (χ1v) is 11.8. The summed E-state index contributed by atoms with van der Waals surface area (Å²) in [5.74, 6) is 0.294. The lowest BCUT2D eigenvalue weighted by Gasteiger charge is -2.18. The Morgan fingerprint density at radius 3 is 2.25 bits per heavy atom. The van der Waals surface area contributed by atoms with E-state index >= 15 is 0 Å². The van der Waals surface area contributed by atoms with Crippen molar-refractivity contribution >= 4 is 27.7 Å². The summed E-state index contributed by atoms with van der Waals surface area (Å²) in [4.78, 5) is 13.5. The summed E-state index contributed by atoms with van der Waals surface area (Å²) < 4.78 is 26.4. The van der Waals surface area contributed by atoms with E-state index in [1.165, 1.54) is 27.2 Å². The van der Waals surface area contributed by atoms with Crippen molar-refractivity contribution in [3.05, 3.63) is 59.2 Å². The third-order valence-electron chi connectivity index (χ3n) is 4.45. The van der Waals surface area contributed by atoms with Crippen LogP contribution >= 0.6 is 11.8 Å². The van der Waals surface area contributed by atoms with Crippen LogP contribution in [0.4, 0.5) is 0 Å². The number of thioether (sulfide) groups is 1. The molecule has 0 radical (unpaired) electrons. The standard InChI is InChI=1S/C21H28N2O3S2/c1-5-23(6-2)28(25,26)19-10-8-18(9-11-19)14-22-21(24)15-27-20-12-7-16(3)13-17(20)4/h7-13H,5-6,14-15H2,1-4H3,(H,22,24). The molecule has 152 valence electrons. The van der Waals surface area contributed by atoms with Gasteiger partial charge in [-0.2, -0.15) is 4.31 Å². The number of nitrogens with one attached hydrogen (secondary N) is 1. The molecule has 2 aromatic carbocycles. The fourth-order valence-corrected chi connectivity index (χ4v) is 5.15. The number of aryl methyl sites for hydroxylation is 2. The molecule has 0 aliphatic rings. The van der Waals surface area contributed by atoms with E-state index in [4.69, 9.17) is 0 Å². The molecule has 0 bridgehead atoms. The van der Waals surface area contributed by atoms with Gasteiger partial charge in [0.25, 0.3) is 0 Å². The van der Waals surface area contributed by atoms with Gasteiger partial charge >= 0.3 is 0 Å². The SMILES string of the molecule is CCN(CC)S(=O)(=O)c1ccc(CNC(=O)CSc2ccc(C)cc2C)cc1. The van der Waals surface area contributed by atoms with Crippen molar-refractivity contribution in [1.29, 1.82) is 0 Å². The summed E-state index contributed by atoms with van der Waals surface area (Å²) in [7, 11) is -3.45. The topological polar surface area (TPSA) is 66.5 Å². The van der Waals surface area contributed by atoms with Crippen LogP contribution in [0.1, 0.15) is 30.5 Å². The number of sulfonamides is 1. The Morgan fingerprint density at radius 2 is 1.68 bits per heavy atom. The minimum absolute atomic E-state index is 0.0511. The number of nitrogens with zero attached hydrogens (tertiary/aromatic N) is 1. The Bertz CT molecular complexity index is 906. The van der Waals surface area contributed by atoms with Crippen molar-refractivity contribution in [1.82, 2.24) is 9.62 Å². The second kappa shape index (κ2) is 10.1. The summed E-state index contributed by atoms with van der Waals surface area (Å²) in [6.45, 7) is 8.98. The second-order valence-electron chi connectivity index (χ2n) is 6.57. The second-order valence-corrected chi connectivity index (χ2v) is 9.52. The van der Waals surface area contributed by atoms with E-state index in [1.807, 2.05) is 39.8 Å². The highest BCUT2D eigenvalue weighted by Crippen LogP contribution is 2.23. The molecule has 0 unspecified atom stereocenters. The molecule has 2 aromatic rings. The van der Waals surface area contributed by atoms with E-state index in [0.29, 0.717) is 25.4 Å². The van der Waals surface area contributed by atoms with Gasteiger partial charge in [0.2, 0.25) is 15.9 Å². The highest BCUT2D eigenvalue weighted by Gasteiger charge is 2.21. The summed E-state index contributed by atoms with van der Waals surface area (Å²) in [6, 6.07) is 12.9. The fraction of sp³-hybridized carbons (Fsp3) is 0.381. The predicted molar refractivity (Wildman–Crippen MR) is 115 cm³/mol. The van der Waals surface area contributed by atoms with Gasteiger partial charge in [-0.05, 0) is 43.2 Å². The normalized spacial score (nSPS) is 11.6. The molecule has 0 aliphatic carbocycles. The molecule has 1 amide bonds. The van der Waals surface area contributed by atoms with Crippen LogP contribution in [0.5, 0.6) is 0 Å². The molecular weight excluding hydrogens is 392 g/mol. The molecule has 0 aliphatic heterocycles. The number of hydrogen-bond acceptors (Lipinski definition) is 4. The van der Waals surface area contributed by atoms with Crippen LogP contribution in [-0.2, 0) is 21.4 Å². The van der Waals surface area contributed by atoms with Gasteiger partial charge in [0.15, 0.2) is 0 Å². The summed E-state index contributed by atoms with van der Waals surface area (Å²) in [5.41, 5.74) is 3.24. The molecule has 0 heterocycles. The third kappa shape index (κ3) is 5.83. The Balaban J connectivity index is 1.89. The van der Waals surface area contributed by atoms with Crippen molar-refractivity contribution in [2.75, 3.05) is 18.8 Å². The van der Waals surface area contributed by atoms with E-state index in [1.54, 1.807) is 24.3 Å². The van der Waals surface area contributed by atoms with E-state index in [0.717, 1.165) is 10.5 Å². The molecule has 1 N–H and O–H groups in total. The van der Waals surface area contributed by atoms with Crippen LogP contribution in [0.15, 0.2) is 52.3 Å². The number of hydrogen-bond donors (Lipinski definition) is 1. The highest BCUT2D eigenvalue weighted by molar-refractivity contribution is 8.00. The van der Waals surface area contributed by atoms with Gasteiger partial charge in [0, 0.05) is 24.5 Å². The van der Waals surface area contributed by atoms with Gasteiger partial charge in [-0.1, -0.05) is 43.7 Å². The first-order chi connectivity index (χ1) is 13.3. The van der Waals surface area contributed by atoms with Crippen LogP contribution in [0.3, 0.4) is 0 Å². The van der Waals surface area contributed by atoms with Gasteiger partial charge in [-0.3, -0.25) is 4.79 Å². The minimum atomic E-state index is -3.45. The lowest BCUT2D eigenvalue weighted by molar-refractivity contribution is -0.118. The predicted octanol–water partition coefficient (Wildman–Crippen LogP) is 3.74. The Kier molecular flexibility index (Phi) is 8.10. The number of benzene rings is 2. The van der Waals surface area contributed by atoms with E-state index in [-0.39, 0.29) is 10.8 Å². The average Bonchev–Trinajstić information content (AvgIpc) is 2.66. The molecular formula is C21H28N2O3S2. The lowest BCUT2D eigenvalue weighted by atomic mass is 10.2. The van der Waals surface area contributed by atoms with Crippen molar-refractivity contribution in [3.63, 3.8) is 0 Å². The largest absolute Gasteiger partial charge is 0.351 e. The Labute approximate surface area is 172 Å². The first kappa shape index (κ1) is 22.5. The molecule has 0 fully saturated rings. The van der Waals surface area contributed by atoms with Crippen LogP contribution < -0.4 is 5.32 Å². The maximum absolute atomic E-state index is 12.5. The molecule has 7 heteroatoms. The first-order valence-electron chi connectivity index (χ1n) is 9.33. The molecule has 28 heavy (non-hydrogen) atoms. The molecule has 5 nitrogen and oxygen atoms in total. The molecule has 0 saturated carbocycles. The van der Waals surface area contributed by atoms with Gasteiger partial charge in [0.05, 0.1) is 10.6 Å². The van der Waals surface area contributed by atoms with E-state index in [9.17, 15) is 13.2 Å². The van der Waals surface area contributed by atoms with Crippen LogP contribution in [0.2, 0.25) is 0 Å². The van der Waals surface area contributed by atoms with Gasteiger partial charge in [-0.15, -0.1) is 11.8 Å². The van der Waals surface area contributed by atoms with Crippen molar-refractivity contribution in [2.24, 2.45) is 0 Å². The summed E-state index contributed by atoms with van der Waals surface area (Å²) in [6.07, 6.45) is 0.